The molecule has 0 unspecified atom stereocenters. The molecule has 0 aromatic rings. The van der Waals surface area contributed by atoms with Crippen molar-refractivity contribution in [2.75, 3.05) is 26.8 Å². The molecule has 0 aromatic carbocycles. The zero-order valence-corrected chi connectivity index (χ0v) is 11.9. The van der Waals surface area contributed by atoms with Crippen molar-refractivity contribution in [3.05, 3.63) is 0 Å². The smallest absolute Gasteiger partial charge is 0.239 e. The van der Waals surface area contributed by atoms with E-state index in [0.29, 0.717) is 32.6 Å². The third-order valence-electron chi connectivity index (χ3n) is 3.53. The summed E-state index contributed by atoms with van der Waals surface area (Å²) in [7, 11) is 1.70. The topological polar surface area (TPSA) is 75.8 Å². The summed E-state index contributed by atoms with van der Waals surface area (Å²) in [5, 5.41) is 10.4. The summed E-state index contributed by atoms with van der Waals surface area (Å²) in [6.07, 6.45) is 1.13. The van der Waals surface area contributed by atoms with Crippen LogP contribution in [0.5, 0.6) is 0 Å². The highest BCUT2D eigenvalue weighted by Gasteiger charge is 2.35. The van der Waals surface area contributed by atoms with Crippen LogP contribution in [0.2, 0.25) is 0 Å². The Hall–Kier alpha value is -0.650. The fourth-order valence-electron chi connectivity index (χ4n) is 2.04. The Bertz CT molecular complexity index is 293. The van der Waals surface area contributed by atoms with Gasteiger partial charge in [-0.3, -0.25) is 4.79 Å². The first-order valence-electron chi connectivity index (χ1n) is 6.46. The van der Waals surface area contributed by atoms with E-state index in [0.717, 1.165) is 0 Å². The van der Waals surface area contributed by atoms with Crippen LogP contribution in [0.3, 0.4) is 0 Å². The van der Waals surface area contributed by atoms with Crippen LogP contribution in [0.4, 0.5) is 0 Å². The number of aliphatic hydroxyl groups is 1. The molecule has 106 valence electrons. The lowest BCUT2D eigenvalue weighted by Crippen LogP contribution is -2.54. The minimum atomic E-state index is -0.833. The lowest BCUT2D eigenvalue weighted by Gasteiger charge is -2.37. The molecule has 1 atom stereocenters. The molecular formula is C13H26N2O3. The number of ether oxygens (including phenoxy) is 1. The molecule has 3 N–H and O–H groups in total. The summed E-state index contributed by atoms with van der Waals surface area (Å²) < 4.78 is 5.22. The molecule has 0 radical (unpaired) electrons. The van der Waals surface area contributed by atoms with Crippen LogP contribution in [0.15, 0.2) is 0 Å². The molecule has 18 heavy (non-hydrogen) atoms. The third-order valence-corrected chi connectivity index (χ3v) is 3.53. The summed E-state index contributed by atoms with van der Waals surface area (Å²) in [6, 6.07) is -0.550. The number of carbonyl (C=O) groups is 1. The van der Waals surface area contributed by atoms with Crippen molar-refractivity contribution in [2.24, 2.45) is 11.1 Å². The fourth-order valence-corrected chi connectivity index (χ4v) is 2.04. The second kappa shape index (κ2) is 5.55. The highest BCUT2D eigenvalue weighted by atomic mass is 16.5. The van der Waals surface area contributed by atoms with E-state index in [1.807, 2.05) is 20.8 Å². The summed E-state index contributed by atoms with van der Waals surface area (Å²) in [5.41, 5.74) is 4.84. The van der Waals surface area contributed by atoms with Gasteiger partial charge in [-0.1, -0.05) is 20.8 Å². The molecule has 5 nitrogen and oxygen atoms in total. The van der Waals surface area contributed by atoms with Gasteiger partial charge in [0.1, 0.15) is 0 Å². The van der Waals surface area contributed by atoms with Gasteiger partial charge in [-0.25, -0.2) is 0 Å². The molecule has 1 amide bonds. The normalized spacial score (nSPS) is 21.4. The van der Waals surface area contributed by atoms with Crippen LogP contribution in [-0.2, 0) is 9.53 Å². The summed E-state index contributed by atoms with van der Waals surface area (Å²) in [6.45, 7) is 7.22. The molecule has 1 heterocycles. The van der Waals surface area contributed by atoms with E-state index < -0.39 is 11.6 Å². The zero-order chi connectivity index (χ0) is 14.0. The van der Waals surface area contributed by atoms with Crippen LogP contribution >= 0.6 is 0 Å². The first-order chi connectivity index (χ1) is 8.16. The molecule has 1 fully saturated rings. The van der Waals surface area contributed by atoms with Crippen molar-refractivity contribution in [1.29, 1.82) is 0 Å². The Labute approximate surface area is 109 Å². The minimum absolute atomic E-state index is 0.123. The Morgan fingerprint density at radius 1 is 1.44 bits per heavy atom. The number of carbonyl (C=O) groups excluding carboxylic acids is 1. The highest BCUT2D eigenvalue weighted by molar-refractivity contribution is 5.82. The first-order valence-corrected chi connectivity index (χ1v) is 6.46. The fraction of sp³-hybridized carbons (Fsp3) is 0.923. The van der Waals surface area contributed by atoms with E-state index >= 15 is 0 Å². The van der Waals surface area contributed by atoms with Crippen molar-refractivity contribution < 1.29 is 14.6 Å². The maximum Gasteiger partial charge on any atom is 0.239 e. The molecule has 5 heteroatoms. The maximum absolute atomic E-state index is 12.2. The Balaban J connectivity index is 2.59. The van der Waals surface area contributed by atoms with Gasteiger partial charge in [0, 0.05) is 39.6 Å². The van der Waals surface area contributed by atoms with Crippen LogP contribution < -0.4 is 5.73 Å². The van der Waals surface area contributed by atoms with Crippen LogP contribution in [0.25, 0.3) is 0 Å². The first kappa shape index (κ1) is 15.4. The number of likely N-dealkylation sites (N-methyl/N-ethyl adjacent to an activating group) is 1. The number of nitrogens with zero attached hydrogens (tertiary/aromatic N) is 1. The van der Waals surface area contributed by atoms with Gasteiger partial charge in [0.15, 0.2) is 0 Å². The molecule has 1 rings (SSSR count). The predicted molar refractivity (Wildman–Crippen MR) is 70.1 cm³/mol. The molecule has 0 spiro atoms. The Morgan fingerprint density at radius 2 is 1.94 bits per heavy atom. The number of hydrogen-bond donors (Lipinski definition) is 2. The van der Waals surface area contributed by atoms with Gasteiger partial charge in [0.2, 0.25) is 5.91 Å². The lowest BCUT2D eigenvalue weighted by molar-refractivity contribution is -0.140. The average Bonchev–Trinajstić information content (AvgIpc) is 2.26. The van der Waals surface area contributed by atoms with Gasteiger partial charge >= 0.3 is 0 Å². The number of amides is 1. The van der Waals surface area contributed by atoms with E-state index in [-0.39, 0.29) is 11.3 Å². The SMILES string of the molecule is CN(CC1(O)CCOCC1)C(=O)[C@@H](N)C(C)(C)C. The van der Waals surface area contributed by atoms with Crippen molar-refractivity contribution >= 4 is 5.91 Å². The zero-order valence-electron chi connectivity index (χ0n) is 11.9. The third kappa shape index (κ3) is 3.93. The standard InChI is InChI=1S/C13H26N2O3/c1-12(2,3)10(14)11(16)15(4)9-13(17)5-7-18-8-6-13/h10,17H,5-9,14H2,1-4H3/t10-/m1/s1. The Kier molecular flexibility index (Phi) is 4.75. The quantitative estimate of drug-likeness (QED) is 0.766. The molecule has 1 saturated heterocycles. The second-order valence-electron chi connectivity index (χ2n) is 6.37. The van der Waals surface area contributed by atoms with E-state index in [9.17, 15) is 9.90 Å². The second-order valence-corrected chi connectivity index (χ2v) is 6.37. The molecular weight excluding hydrogens is 232 g/mol. The predicted octanol–water partition coefficient (Wildman–Crippen LogP) is 0.360. The average molecular weight is 258 g/mol. The van der Waals surface area contributed by atoms with Gasteiger partial charge in [-0.15, -0.1) is 0 Å². The Morgan fingerprint density at radius 3 is 2.39 bits per heavy atom. The molecule has 0 aliphatic carbocycles. The highest BCUT2D eigenvalue weighted by Crippen LogP contribution is 2.23. The van der Waals surface area contributed by atoms with E-state index in [1.54, 1.807) is 11.9 Å². The van der Waals surface area contributed by atoms with Gasteiger partial charge in [0.05, 0.1) is 11.6 Å². The molecule has 0 saturated carbocycles. The van der Waals surface area contributed by atoms with Gasteiger partial charge in [-0.05, 0) is 5.41 Å². The van der Waals surface area contributed by atoms with Gasteiger partial charge in [-0.2, -0.15) is 0 Å². The molecule has 0 bridgehead atoms. The molecule has 1 aliphatic heterocycles. The van der Waals surface area contributed by atoms with Crippen LogP contribution in [-0.4, -0.2) is 54.4 Å². The maximum atomic E-state index is 12.2. The largest absolute Gasteiger partial charge is 0.388 e. The number of hydrogen-bond acceptors (Lipinski definition) is 4. The summed E-state index contributed by atoms with van der Waals surface area (Å²) in [5.74, 6) is -0.123. The van der Waals surface area contributed by atoms with Crippen LogP contribution in [0.1, 0.15) is 33.6 Å². The van der Waals surface area contributed by atoms with Crippen molar-refractivity contribution in [3.63, 3.8) is 0 Å². The van der Waals surface area contributed by atoms with E-state index in [4.69, 9.17) is 10.5 Å². The molecule has 1 aliphatic rings. The van der Waals surface area contributed by atoms with Crippen molar-refractivity contribution in [1.82, 2.24) is 4.90 Å². The lowest BCUT2D eigenvalue weighted by atomic mass is 9.86. The van der Waals surface area contributed by atoms with E-state index in [2.05, 4.69) is 0 Å². The van der Waals surface area contributed by atoms with Crippen molar-refractivity contribution in [2.45, 2.75) is 45.3 Å². The minimum Gasteiger partial charge on any atom is -0.388 e. The monoisotopic (exact) mass is 258 g/mol. The summed E-state index contributed by atoms with van der Waals surface area (Å²) >= 11 is 0. The summed E-state index contributed by atoms with van der Waals surface area (Å²) in [4.78, 5) is 13.7. The van der Waals surface area contributed by atoms with Crippen molar-refractivity contribution in [3.8, 4) is 0 Å². The molecule has 0 aromatic heterocycles. The van der Waals surface area contributed by atoms with Crippen LogP contribution in [0, 0.1) is 5.41 Å². The van der Waals surface area contributed by atoms with E-state index in [1.165, 1.54) is 0 Å². The van der Waals surface area contributed by atoms with Gasteiger partial charge in [0.25, 0.3) is 0 Å². The number of rotatable bonds is 3. The van der Waals surface area contributed by atoms with Gasteiger partial charge < -0.3 is 20.5 Å². The number of nitrogens with two attached hydrogens (primary N) is 1.